The van der Waals surface area contributed by atoms with Gasteiger partial charge in [-0.15, -0.1) is 0 Å². The molecule has 1 N–H and O–H groups in total. The Hall–Kier alpha value is -1.02. The fourth-order valence-corrected chi connectivity index (χ4v) is 5.33. The van der Waals surface area contributed by atoms with Crippen LogP contribution in [0.4, 0.5) is 0 Å². The molecule has 3 aliphatic rings. The van der Waals surface area contributed by atoms with Crippen molar-refractivity contribution in [2.75, 3.05) is 13.6 Å². The Labute approximate surface area is 128 Å². The molecule has 114 valence electrons. The smallest absolute Gasteiger partial charge is 0.115 e. The summed E-state index contributed by atoms with van der Waals surface area (Å²) in [4.78, 5) is 2.61. The van der Waals surface area contributed by atoms with Crippen LogP contribution in [0.15, 0.2) is 18.2 Å². The Kier molecular flexibility index (Phi) is 3.45. The molecule has 0 radical (unpaired) electrons. The van der Waals surface area contributed by atoms with Gasteiger partial charge in [0.1, 0.15) is 5.75 Å². The average molecular weight is 285 g/mol. The summed E-state index contributed by atoms with van der Waals surface area (Å²) < 4.78 is 0. The molecule has 4 unspecified atom stereocenters. The van der Waals surface area contributed by atoms with Crippen molar-refractivity contribution >= 4 is 0 Å². The number of aromatic hydroxyl groups is 1. The minimum atomic E-state index is 0.421. The molecule has 2 saturated carbocycles. The number of hydrogen-bond acceptors (Lipinski definition) is 2. The van der Waals surface area contributed by atoms with Gasteiger partial charge in [0, 0.05) is 12.6 Å². The lowest BCUT2D eigenvalue weighted by Crippen LogP contribution is -2.33. The van der Waals surface area contributed by atoms with Crippen molar-refractivity contribution in [2.24, 2.45) is 17.8 Å². The van der Waals surface area contributed by atoms with Gasteiger partial charge in [-0.2, -0.15) is 0 Å². The minimum absolute atomic E-state index is 0.421. The molecule has 2 nitrogen and oxygen atoms in total. The molecule has 1 aromatic carbocycles. The topological polar surface area (TPSA) is 23.5 Å². The minimum Gasteiger partial charge on any atom is -0.508 e. The number of phenols is 1. The number of hydrogen-bond donors (Lipinski definition) is 1. The normalized spacial score (nSPS) is 34.4. The van der Waals surface area contributed by atoms with Gasteiger partial charge >= 0.3 is 0 Å². The highest BCUT2D eigenvalue weighted by atomic mass is 16.3. The predicted octanol–water partition coefficient (Wildman–Crippen LogP) is 4.14. The monoisotopic (exact) mass is 285 g/mol. The van der Waals surface area contributed by atoms with E-state index in [0.717, 1.165) is 24.2 Å². The number of fused-ring (bicyclic) bond motifs is 3. The standard InChI is InChI=1S/C19H27NO/c1-20(12-16-10-13-5-6-14(16)9-13)19-4-2-3-15-11-17(21)7-8-18(15)19/h7-8,11,13-14,16,19,21H,2-6,9-10,12H2,1H3. The molecule has 2 bridgehead atoms. The molecule has 4 rings (SSSR count). The Morgan fingerprint density at radius 3 is 2.86 bits per heavy atom. The van der Waals surface area contributed by atoms with Crippen LogP contribution in [0.5, 0.6) is 5.75 Å². The largest absolute Gasteiger partial charge is 0.508 e. The summed E-state index contributed by atoms with van der Waals surface area (Å²) in [5, 5.41) is 9.70. The fourth-order valence-electron chi connectivity index (χ4n) is 5.33. The molecule has 3 aliphatic carbocycles. The molecule has 0 spiro atoms. The van der Waals surface area contributed by atoms with Crippen molar-refractivity contribution in [1.29, 1.82) is 0 Å². The third kappa shape index (κ3) is 2.48. The van der Waals surface area contributed by atoms with Crippen LogP contribution in [0.1, 0.15) is 55.7 Å². The summed E-state index contributed by atoms with van der Waals surface area (Å²) in [6.07, 6.45) is 9.62. The van der Waals surface area contributed by atoms with Gasteiger partial charge in [-0.1, -0.05) is 12.5 Å². The summed E-state index contributed by atoms with van der Waals surface area (Å²) in [5.41, 5.74) is 2.83. The Morgan fingerprint density at radius 2 is 2.10 bits per heavy atom. The SMILES string of the molecule is CN(CC1CC2CCC1C2)C1CCCc2cc(O)ccc21. The zero-order valence-electron chi connectivity index (χ0n) is 13.1. The van der Waals surface area contributed by atoms with Crippen LogP contribution in [-0.2, 0) is 6.42 Å². The first kappa shape index (κ1) is 13.6. The first-order valence-corrected chi connectivity index (χ1v) is 8.72. The van der Waals surface area contributed by atoms with Gasteiger partial charge in [0.15, 0.2) is 0 Å². The van der Waals surface area contributed by atoms with Gasteiger partial charge in [-0.3, -0.25) is 4.90 Å². The molecule has 0 amide bonds. The maximum Gasteiger partial charge on any atom is 0.115 e. The van der Waals surface area contributed by atoms with Crippen molar-refractivity contribution in [1.82, 2.24) is 4.90 Å². The summed E-state index contributed by atoms with van der Waals surface area (Å²) >= 11 is 0. The van der Waals surface area contributed by atoms with Crippen molar-refractivity contribution in [3.05, 3.63) is 29.3 Å². The summed E-state index contributed by atoms with van der Waals surface area (Å²) in [6, 6.07) is 6.56. The number of aryl methyl sites for hydroxylation is 1. The van der Waals surface area contributed by atoms with E-state index in [9.17, 15) is 5.11 Å². The van der Waals surface area contributed by atoms with Gasteiger partial charge in [-0.25, -0.2) is 0 Å². The highest BCUT2D eigenvalue weighted by Crippen LogP contribution is 2.49. The van der Waals surface area contributed by atoms with Gasteiger partial charge in [0.25, 0.3) is 0 Å². The highest BCUT2D eigenvalue weighted by Gasteiger charge is 2.40. The maximum atomic E-state index is 9.70. The Bertz CT molecular complexity index is 526. The van der Waals surface area contributed by atoms with E-state index < -0.39 is 0 Å². The van der Waals surface area contributed by atoms with E-state index in [4.69, 9.17) is 0 Å². The first-order chi connectivity index (χ1) is 10.2. The van der Waals surface area contributed by atoms with Crippen LogP contribution in [-0.4, -0.2) is 23.6 Å². The second kappa shape index (κ2) is 5.31. The zero-order valence-corrected chi connectivity index (χ0v) is 13.1. The third-order valence-corrected chi connectivity index (χ3v) is 6.35. The molecule has 1 aromatic rings. The van der Waals surface area contributed by atoms with Crippen LogP contribution < -0.4 is 0 Å². The second-order valence-corrected chi connectivity index (χ2v) is 7.67. The average Bonchev–Trinajstić information content (AvgIpc) is 3.08. The predicted molar refractivity (Wildman–Crippen MR) is 85.4 cm³/mol. The lowest BCUT2D eigenvalue weighted by atomic mass is 9.84. The van der Waals surface area contributed by atoms with Crippen LogP contribution in [0.2, 0.25) is 0 Å². The molecule has 21 heavy (non-hydrogen) atoms. The lowest BCUT2D eigenvalue weighted by Gasteiger charge is -2.36. The van der Waals surface area contributed by atoms with Crippen LogP contribution >= 0.6 is 0 Å². The molecular formula is C19H27NO. The van der Waals surface area contributed by atoms with E-state index in [1.807, 2.05) is 12.1 Å². The van der Waals surface area contributed by atoms with Crippen LogP contribution in [0, 0.1) is 17.8 Å². The molecule has 0 saturated heterocycles. The van der Waals surface area contributed by atoms with Gasteiger partial charge in [0.05, 0.1) is 0 Å². The second-order valence-electron chi connectivity index (χ2n) is 7.67. The zero-order chi connectivity index (χ0) is 14.4. The quantitative estimate of drug-likeness (QED) is 0.902. The van der Waals surface area contributed by atoms with Crippen molar-refractivity contribution in [3.8, 4) is 5.75 Å². The lowest BCUT2D eigenvalue weighted by molar-refractivity contribution is 0.160. The Balaban J connectivity index is 1.49. The van der Waals surface area contributed by atoms with Crippen LogP contribution in [0.25, 0.3) is 0 Å². The molecule has 2 fully saturated rings. The fraction of sp³-hybridized carbons (Fsp3) is 0.684. The van der Waals surface area contributed by atoms with E-state index in [-0.39, 0.29) is 0 Å². The van der Waals surface area contributed by atoms with Crippen molar-refractivity contribution < 1.29 is 5.11 Å². The molecular weight excluding hydrogens is 258 g/mol. The van der Waals surface area contributed by atoms with E-state index in [0.29, 0.717) is 11.8 Å². The number of phenolic OH excluding ortho intramolecular Hbond substituents is 1. The molecule has 0 aliphatic heterocycles. The summed E-state index contributed by atoms with van der Waals surface area (Å²) in [6.45, 7) is 1.27. The van der Waals surface area contributed by atoms with E-state index in [1.165, 1.54) is 56.2 Å². The Morgan fingerprint density at radius 1 is 1.19 bits per heavy atom. The molecule has 2 heteroatoms. The van der Waals surface area contributed by atoms with E-state index >= 15 is 0 Å². The van der Waals surface area contributed by atoms with Crippen LogP contribution in [0.3, 0.4) is 0 Å². The van der Waals surface area contributed by atoms with Crippen molar-refractivity contribution in [2.45, 2.75) is 51.0 Å². The van der Waals surface area contributed by atoms with Crippen molar-refractivity contribution in [3.63, 3.8) is 0 Å². The van der Waals surface area contributed by atoms with E-state index in [2.05, 4.69) is 18.0 Å². The summed E-state index contributed by atoms with van der Waals surface area (Å²) in [7, 11) is 2.32. The number of nitrogens with zero attached hydrogens (tertiary/aromatic N) is 1. The van der Waals surface area contributed by atoms with E-state index in [1.54, 1.807) is 0 Å². The highest BCUT2D eigenvalue weighted by molar-refractivity contribution is 5.38. The van der Waals surface area contributed by atoms with Gasteiger partial charge in [0.2, 0.25) is 0 Å². The summed E-state index contributed by atoms with van der Waals surface area (Å²) in [5.74, 6) is 3.42. The van der Waals surface area contributed by atoms with Gasteiger partial charge in [-0.05, 0) is 86.6 Å². The molecule has 4 atom stereocenters. The molecule has 0 aromatic heterocycles. The number of rotatable bonds is 3. The third-order valence-electron chi connectivity index (χ3n) is 6.35. The first-order valence-electron chi connectivity index (χ1n) is 8.72. The molecule has 0 heterocycles. The number of benzene rings is 1. The maximum absolute atomic E-state index is 9.70. The van der Waals surface area contributed by atoms with Gasteiger partial charge < -0.3 is 5.11 Å².